The van der Waals surface area contributed by atoms with Gasteiger partial charge in [-0.25, -0.2) is 9.37 Å². The molecule has 8 heteroatoms. The molecule has 0 bridgehead atoms. The highest BCUT2D eigenvalue weighted by atomic mass is 35.5. The van der Waals surface area contributed by atoms with Crippen molar-refractivity contribution in [1.82, 2.24) is 9.88 Å². The Morgan fingerprint density at radius 2 is 2.25 bits per heavy atom. The van der Waals surface area contributed by atoms with Gasteiger partial charge in [0.25, 0.3) is 5.91 Å². The van der Waals surface area contributed by atoms with Gasteiger partial charge in [-0.3, -0.25) is 4.79 Å². The molecule has 2 heterocycles. The summed E-state index contributed by atoms with van der Waals surface area (Å²) in [5.41, 5.74) is 6.41. The van der Waals surface area contributed by atoms with Gasteiger partial charge in [-0.05, 0) is 12.6 Å². The number of hydrogen-bond acceptors (Lipinski definition) is 5. The molecule has 0 saturated carbocycles. The van der Waals surface area contributed by atoms with E-state index in [-0.39, 0.29) is 24.1 Å². The van der Waals surface area contributed by atoms with E-state index in [0.717, 1.165) is 5.01 Å². The second kappa shape index (κ2) is 8.53. The molecule has 2 N–H and O–H groups in total. The first-order valence-corrected chi connectivity index (χ1v) is 8.36. The zero-order valence-corrected chi connectivity index (χ0v) is 14.6. The van der Waals surface area contributed by atoms with Crippen LogP contribution in [0.25, 0.3) is 0 Å². The molecule has 24 heavy (non-hydrogen) atoms. The summed E-state index contributed by atoms with van der Waals surface area (Å²) < 4.78 is 19.5. The molecule has 1 aromatic heterocycles. The molecule has 0 radical (unpaired) electrons. The second-order valence-electron chi connectivity index (χ2n) is 5.30. The number of benzene rings is 1. The second-order valence-corrected chi connectivity index (χ2v) is 6.24. The minimum Gasteiger partial charge on any atom is -0.370 e. The molecule has 130 valence electrons. The third kappa shape index (κ3) is 4.10. The third-order valence-electron chi connectivity index (χ3n) is 3.73. The molecule has 1 aliphatic rings. The summed E-state index contributed by atoms with van der Waals surface area (Å²) in [7, 11) is 0. The lowest BCUT2D eigenvalue weighted by molar-refractivity contribution is -0.0244. The van der Waals surface area contributed by atoms with Crippen molar-refractivity contribution < 1.29 is 13.9 Å². The number of ether oxygens (including phenoxy) is 1. The van der Waals surface area contributed by atoms with Crippen LogP contribution in [0.1, 0.15) is 27.2 Å². The van der Waals surface area contributed by atoms with Crippen molar-refractivity contribution in [3.8, 4) is 0 Å². The number of carbonyl (C=O) groups excluding carboxylic acids is 1. The number of nitrogens with zero attached hydrogens (tertiary/aromatic N) is 2. The number of morpholine rings is 1. The van der Waals surface area contributed by atoms with Gasteiger partial charge in [0.1, 0.15) is 17.6 Å². The molecule has 2 aromatic rings. The first-order chi connectivity index (χ1) is 11.2. The van der Waals surface area contributed by atoms with Gasteiger partial charge in [0, 0.05) is 23.9 Å². The van der Waals surface area contributed by atoms with Gasteiger partial charge in [0.2, 0.25) is 0 Å². The minimum absolute atomic E-state index is 0. The normalized spacial score (nSPS) is 17.4. The van der Waals surface area contributed by atoms with E-state index in [9.17, 15) is 9.18 Å². The van der Waals surface area contributed by atoms with E-state index in [1.54, 1.807) is 28.5 Å². The molecule has 1 fully saturated rings. The first kappa shape index (κ1) is 18.8. The van der Waals surface area contributed by atoms with Gasteiger partial charge in [0.05, 0.1) is 18.2 Å². The van der Waals surface area contributed by atoms with Crippen molar-refractivity contribution in [1.29, 1.82) is 0 Å². The van der Waals surface area contributed by atoms with Gasteiger partial charge in [0.15, 0.2) is 0 Å². The number of carbonyl (C=O) groups is 1. The van der Waals surface area contributed by atoms with E-state index in [1.807, 2.05) is 0 Å². The Bertz CT molecular complexity index is 697. The zero-order valence-electron chi connectivity index (χ0n) is 13.0. The summed E-state index contributed by atoms with van der Waals surface area (Å²) in [6, 6.07) is 6.50. The number of amides is 1. The smallest absolute Gasteiger partial charge is 0.273 e. The highest BCUT2D eigenvalue weighted by molar-refractivity contribution is 7.09. The maximum Gasteiger partial charge on any atom is 0.273 e. The number of halogens is 2. The molecule has 1 aromatic carbocycles. The summed E-state index contributed by atoms with van der Waals surface area (Å²) in [6.45, 7) is 1.69. The maximum absolute atomic E-state index is 13.9. The van der Waals surface area contributed by atoms with Crippen LogP contribution < -0.4 is 5.73 Å². The Labute approximate surface area is 150 Å². The molecule has 1 saturated heterocycles. The van der Waals surface area contributed by atoms with Crippen molar-refractivity contribution in [2.45, 2.75) is 12.5 Å². The van der Waals surface area contributed by atoms with Crippen LogP contribution in [0.3, 0.4) is 0 Å². The van der Waals surface area contributed by atoms with Crippen molar-refractivity contribution in [2.24, 2.45) is 5.73 Å². The van der Waals surface area contributed by atoms with Crippen LogP contribution >= 0.6 is 23.7 Å². The van der Waals surface area contributed by atoms with Crippen LogP contribution in [0.4, 0.5) is 4.39 Å². The molecule has 1 aliphatic heterocycles. The molecule has 0 aliphatic carbocycles. The SMILES string of the molecule is Cl.NCCc1nc(C(=O)N2CCOC(c3ccccc3F)C2)cs1. The molecule has 1 amide bonds. The average Bonchev–Trinajstić information content (AvgIpc) is 3.04. The lowest BCUT2D eigenvalue weighted by Crippen LogP contribution is -2.42. The fourth-order valence-electron chi connectivity index (χ4n) is 2.57. The summed E-state index contributed by atoms with van der Waals surface area (Å²) >= 11 is 1.44. The fourth-order valence-corrected chi connectivity index (χ4v) is 3.36. The number of thiazole rings is 1. The van der Waals surface area contributed by atoms with Gasteiger partial charge < -0.3 is 15.4 Å². The lowest BCUT2D eigenvalue weighted by Gasteiger charge is -2.32. The predicted molar refractivity (Wildman–Crippen MR) is 93.1 cm³/mol. The Morgan fingerprint density at radius 3 is 3.00 bits per heavy atom. The van der Waals surface area contributed by atoms with E-state index in [1.165, 1.54) is 17.4 Å². The Kier molecular flexibility index (Phi) is 6.68. The van der Waals surface area contributed by atoms with Crippen molar-refractivity contribution in [2.75, 3.05) is 26.2 Å². The summed E-state index contributed by atoms with van der Waals surface area (Å²) in [5.74, 6) is -0.458. The van der Waals surface area contributed by atoms with Crippen molar-refractivity contribution in [3.63, 3.8) is 0 Å². The van der Waals surface area contributed by atoms with E-state index >= 15 is 0 Å². The van der Waals surface area contributed by atoms with Crippen LogP contribution in [0.15, 0.2) is 29.6 Å². The van der Waals surface area contributed by atoms with Crippen LogP contribution in [0.2, 0.25) is 0 Å². The van der Waals surface area contributed by atoms with Gasteiger partial charge in [-0.15, -0.1) is 23.7 Å². The van der Waals surface area contributed by atoms with Gasteiger partial charge >= 0.3 is 0 Å². The number of aromatic nitrogens is 1. The minimum atomic E-state index is -0.448. The number of nitrogens with two attached hydrogens (primary N) is 1. The highest BCUT2D eigenvalue weighted by Gasteiger charge is 2.28. The monoisotopic (exact) mass is 371 g/mol. The van der Waals surface area contributed by atoms with Crippen molar-refractivity contribution >= 4 is 29.7 Å². The highest BCUT2D eigenvalue weighted by Crippen LogP contribution is 2.25. The summed E-state index contributed by atoms with van der Waals surface area (Å²) in [5, 5.41) is 2.61. The number of rotatable bonds is 4. The zero-order chi connectivity index (χ0) is 16.2. The lowest BCUT2D eigenvalue weighted by atomic mass is 10.1. The van der Waals surface area contributed by atoms with Crippen LogP contribution in [0.5, 0.6) is 0 Å². The topological polar surface area (TPSA) is 68.5 Å². The molecular formula is C16H19ClFN3O2S. The molecule has 3 rings (SSSR count). The Balaban J connectivity index is 0.00000208. The van der Waals surface area contributed by atoms with Gasteiger partial charge in [-0.1, -0.05) is 18.2 Å². The van der Waals surface area contributed by atoms with E-state index in [4.69, 9.17) is 10.5 Å². The fraction of sp³-hybridized carbons (Fsp3) is 0.375. The number of hydrogen-bond donors (Lipinski definition) is 1. The average molecular weight is 372 g/mol. The van der Waals surface area contributed by atoms with E-state index < -0.39 is 6.10 Å². The third-order valence-corrected chi connectivity index (χ3v) is 4.64. The predicted octanol–water partition coefficient (Wildman–Crippen LogP) is 2.42. The van der Waals surface area contributed by atoms with E-state index in [0.29, 0.717) is 43.9 Å². The molecule has 1 atom stereocenters. The summed E-state index contributed by atoms with van der Waals surface area (Å²) in [4.78, 5) is 18.6. The van der Waals surface area contributed by atoms with Crippen molar-refractivity contribution in [3.05, 3.63) is 51.7 Å². The standard InChI is InChI=1S/C16H18FN3O2S.ClH/c17-12-4-2-1-3-11(12)14-9-20(7-8-22-14)16(21)13-10-23-15(19-13)5-6-18;/h1-4,10,14H,5-9,18H2;1H. The van der Waals surface area contributed by atoms with Gasteiger partial charge in [-0.2, -0.15) is 0 Å². The first-order valence-electron chi connectivity index (χ1n) is 7.49. The van der Waals surface area contributed by atoms with E-state index in [2.05, 4.69) is 4.98 Å². The molecule has 5 nitrogen and oxygen atoms in total. The quantitative estimate of drug-likeness (QED) is 0.896. The molecular weight excluding hydrogens is 353 g/mol. The largest absolute Gasteiger partial charge is 0.370 e. The van der Waals surface area contributed by atoms with Crippen LogP contribution in [0, 0.1) is 5.82 Å². The molecule has 1 unspecified atom stereocenters. The Hall–Kier alpha value is -1.54. The Morgan fingerprint density at radius 1 is 1.46 bits per heavy atom. The maximum atomic E-state index is 13.9. The molecule has 0 spiro atoms. The van der Waals surface area contributed by atoms with Crippen LogP contribution in [-0.4, -0.2) is 42.0 Å². The van der Waals surface area contributed by atoms with Crippen LogP contribution in [-0.2, 0) is 11.2 Å². The summed E-state index contributed by atoms with van der Waals surface area (Å²) in [6.07, 6.45) is 0.217.